The van der Waals surface area contributed by atoms with Crippen molar-refractivity contribution in [2.24, 2.45) is 0 Å². The summed E-state index contributed by atoms with van der Waals surface area (Å²) in [6, 6.07) is 11.1. The monoisotopic (exact) mass is 288 g/mol. The van der Waals surface area contributed by atoms with Gasteiger partial charge in [0.1, 0.15) is 11.6 Å². The predicted molar refractivity (Wildman–Crippen MR) is 81.9 cm³/mol. The van der Waals surface area contributed by atoms with Crippen molar-refractivity contribution in [1.82, 2.24) is 10.3 Å². The molecule has 0 bridgehead atoms. The molecule has 0 fully saturated rings. The van der Waals surface area contributed by atoms with Gasteiger partial charge in [0.15, 0.2) is 0 Å². The molecule has 4 heteroatoms. The van der Waals surface area contributed by atoms with E-state index in [1.54, 1.807) is 6.07 Å². The maximum atomic E-state index is 13.0. The first-order chi connectivity index (χ1) is 10.2. The topological polar surface area (TPSA) is 34.1 Å². The number of halogens is 1. The summed E-state index contributed by atoms with van der Waals surface area (Å²) >= 11 is 0. The van der Waals surface area contributed by atoms with Crippen LogP contribution < -0.4 is 10.1 Å². The van der Waals surface area contributed by atoms with Crippen LogP contribution in [0.4, 0.5) is 4.39 Å². The van der Waals surface area contributed by atoms with Crippen molar-refractivity contribution >= 4 is 0 Å². The minimum Gasteiger partial charge on any atom is -0.494 e. The van der Waals surface area contributed by atoms with E-state index in [9.17, 15) is 4.39 Å². The lowest BCUT2D eigenvalue weighted by molar-refractivity contribution is 0.340. The summed E-state index contributed by atoms with van der Waals surface area (Å²) in [5, 5.41) is 3.45. The highest BCUT2D eigenvalue weighted by molar-refractivity contribution is 5.33. The molecule has 0 aliphatic rings. The van der Waals surface area contributed by atoms with E-state index < -0.39 is 0 Å². The van der Waals surface area contributed by atoms with Gasteiger partial charge in [-0.05, 0) is 49.7 Å². The van der Waals surface area contributed by atoms with Crippen LogP contribution in [0.2, 0.25) is 0 Å². The van der Waals surface area contributed by atoms with Gasteiger partial charge in [-0.3, -0.25) is 4.98 Å². The van der Waals surface area contributed by atoms with Gasteiger partial charge in [-0.2, -0.15) is 0 Å². The Labute approximate surface area is 125 Å². The largest absolute Gasteiger partial charge is 0.494 e. The van der Waals surface area contributed by atoms with E-state index in [2.05, 4.69) is 17.2 Å². The Morgan fingerprint density at radius 2 is 1.90 bits per heavy atom. The summed E-state index contributed by atoms with van der Waals surface area (Å²) in [7, 11) is 0. The molecule has 1 aromatic heterocycles. The molecule has 2 rings (SSSR count). The molecular weight excluding hydrogens is 267 g/mol. The van der Waals surface area contributed by atoms with Crippen LogP contribution in [0.3, 0.4) is 0 Å². The molecule has 21 heavy (non-hydrogen) atoms. The Balaban J connectivity index is 2.24. The summed E-state index contributed by atoms with van der Waals surface area (Å²) in [4.78, 5) is 4.20. The van der Waals surface area contributed by atoms with Crippen LogP contribution in [0, 0.1) is 5.82 Å². The molecule has 1 N–H and O–H groups in total. The number of benzene rings is 1. The summed E-state index contributed by atoms with van der Waals surface area (Å²) in [5.74, 6) is 0.530. The maximum Gasteiger partial charge on any atom is 0.141 e. The molecule has 112 valence electrons. The average Bonchev–Trinajstić information content (AvgIpc) is 2.51. The maximum absolute atomic E-state index is 13.0. The average molecular weight is 288 g/mol. The zero-order valence-electron chi connectivity index (χ0n) is 12.5. The third kappa shape index (κ3) is 4.26. The van der Waals surface area contributed by atoms with E-state index >= 15 is 0 Å². The molecule has 1 aromatic carbocycles. The van der Waals surface area contributed by atoms with Crippen molar-refractivity contribution in [3.05, 3.63) is 59.7 Å². The van der Waals surface area contributed by atoms with Crippen LogP contribution >= 0.6 is 0 Å². The van der Waals surface area contributed by atoms with Crippen LogP contribution in [0.1, 0.15) is 37.6 Å². The second-order valence-electron chi connectivity index (χ2n) is 4.79. The summed E-state index contributed by atoms with van der Waals surface area (Å²) in [5.41, 5.74) is 1.90. The van der Waals surface area contributed by atoms with Gasteiger partial charge in [-0.15, -0.1) is 0 Å². The van der Waals surface area contributed by atoms with E-state index in [0.717, 1.165) is 30.0 Å². The zero-order chi connectivity index (χ0) is 15.1. The van der Waals surface area contributed by atoms with E-state index in [1.807, 2.05) is 31.2 Å². The van der Waals surface area contributed by atoms with E-state index in [1.165, 1.54) is 12.3 Å². The van der Waals surface area contributed by atoms with Gasteiger partial charge in [0.05, 0.1) is 24.5 Å². The smallest absolute Gasteiger partial charge is 0.141 e. The molecule has 0 saturated carbocycles. The molecule has 3 nitrogen and oxygen atoms in total. The van der Waals surface area contributed by atoms with E-state index in [4.69, 9.17) is 4.74 Å². The third-order valence-electron chi connectivity index (χ3n) is 3.17. The number of nitrogens with one attached hydrogen (secondary N) is 1. The van der Waals surface area contributed by atoms with Gasteiger partial charge in [-0.25, -0.2) is 4.39 Å². The Kier molecular flexibility index (Phi) is 5.69. The second kappa shape index (κ2) is 7.74. The van der Waals surface area contributed by atoms with Gasteiger partial charge >= 0.3 is 0 Å². The Morgan fingerprint density at radius 3 is 2.48 bits per heavy atom. The first-order valence-corrected chi connectivity index (χ1v) is 7.32. The van der Waals surface area contributed by atoms with Crippen molar-refractivity contribution < 1.29 is 9.13 Å². The Hall–Kier alpha value is -1.94. The SMILES string of the molecule is CCCNC(c1ccc(OCC)cc1)c1ccc(F)cn1. The molecule has 2 aromatic rings. The van der Waals surface area contributed by atoms with Crippen molar-refractivity contribution in [1.29, 1.82) is 0 Å². The number of aromatic nitrogens is 1. The molecule has 0 spiro atoms. The zero-order valence-corrected chi connectivity index (χ0v) is 12.5. The van der Waals surface area contributed by atoms with Crippen molar-refractivity contribution in [3.63, 3.8) is 0 Å². The molecule has 1 unspecified atom stereocenters. The molecule has 0 aliphatic heterocycles. The molecule has 1 atom stereocenters. The molecule has 1 heterocycles. The highest BCUT2D eigenvalue weighted by Crippen LogP contribution is 2.23. The summed E-state index contributed by atoms with van der Waals surface area (Å²) in [6.45, 7) is 5.59. The van der Waals surface area contributed by atoms with Crippen LogP contribution in [-0.4, -0.2) is 18.1 Å². The first-order valence-electron chi connectivity index (χ1n) is 7.32. The normalized spacial score (nSPS) is 12.1. The van der Waals surface area contributed by atoms with Crippen LogP contribution in [0.15, 0.2) is 42.6 Å². The molecule has 0 radical (unpaired) electrons. The van der Waals surface area contributed by atoms with Crippen molar-refractivity contribution in [2.45, 2.75) is 26.3 Å². The number of pyridine rings is 1. The lowest BCUT2D eigenvalue weighted by Gasteiger charge is -2.19. The minimum atomic E-state index is -0.320. The fourth-order valence-electron chi connectivity index (χ4n) is 2.16. The standard InChI is InChI=1S/C17H21FN2O/c1-3-11-19-17(16-10-7-14(18)12-20-16)13-5-8-15(9-6-13)21-4-2/h5-10,12,17,19H,3-4,11H2,1-2H3. The van der Waals surface area contributed by atoms with Crippen LogP contribution in [0.5, 0.6) is 5.75 Å². The van der Waals surface area contributed by atoms with Crippen LogP contribution in [-0.2, 0) is 0 Å². The highest BCUT2D eigenvalue weighted by Gasteiger charge is 2.14. The predicted octanol–water partition coefficient (Wildman–Crippen LogP) is 3.71. The number of hydrogen-bond acceptors (Lipinski definition) is 3. The lowest BCUT2D eigenvalue weighted by Crippen LogP contribution is -2.24. The summed E-state index contributed by atoms with van der Waals surface area (Å²) < 4.78 is 18.5. The van der Waals surface area contributed by atoms with Crippen molar-refractivity contribution in [2.75, 3.05) is 13.2 Å². The Morgan fingerprint density at radius 1 is 1.14 bits per heavy atom. The fourth-order valence-corrected chi connectivity index (χ4v) is 2.16. The van der Waals surface area contributed by atoms with Gasteiger partial charge in [-0.1, -0.05) is 19.1 Å². The Bertz CT molecular complexity index is 540. The number of rotatable bonds is 7. The molecule has 0 aliphatic carbocycles. The molecular formula is C17H21FN2O. The fraction of sp³-hybridized carbons (Fsp3) is 0.353. The van der Waals surface area contributed by atoms with Gasteiger partial charge < -0.3 is 10.1 Å². The lowest BCUT2D eigenvalue weighted by atomic mass is 10.0. The number of hydrogen-bond donors (Lipinski definition) is 1. The third-order valence-corrected chi connectivity index (χ3v) is 3.17. The molecule has 0 amide bonds. The van der Waals surface area contributed by atoms with Gasteiger partial charge in [0.25, 0.3) is 0 Å². The second-order valence-corrected chi connectivity index (χ2v) is 4.79. The molecule has 0 saturated heterocycles. The first kappa shape index (κ1) is 15.4. The van der Waals surface area contributed by atoms with Crippen molar-refractivity contribution in [3.8, 4) is 5.75 Å². The van der Waals surface area contributed by atoms with E-state index in [-0.39, 0.29) is 11.9 Å². The van der Waals surface area contributed by atoms with Crippen LogP contribution in [0.25, 0.3) is 0 Å². The number of nitrogens with zero attached hydrogens (tertiary/aromatic N) is 1. The summed E-state index contributed by atoms with van der Waals surface area (Å²) in [6.07, 6.45) is 2.28. The van der Waals surface area contributed by atoms with Gasteiger partial charge in [0.2, 0.25) is 0 Å². The number of ether oxygens (including phenoxy) is 1. The highest BCUT2D eigenvalue weighted by atomic mass is 19.1. The quantitative estimate of drug-likeness (QED) is 0.843. The minimum absolute atomic E-state index is 0.0405. The van der Waals surface area contributed by atoms with Gasteiger partial charge in [0, 0.05) is 0 Å². The van der Waals surface area contributed by atoms with E-state index in [0.29, 0.717) is 6.61 Å².